The number of rotatable bonds is 14. The average Bonchev–Trinajstić information content (AvgIpc) is 2.94. The van der Waals surface area contributed by atoms with Gasteiger partial charge in [0.25, 0.3) is 0 Å². The van der Waals surface area contributed by atoms with E-state index in [1.807, 2.05) is 12.1 Å². The molecule has 254 valence electrons. The number of benzene rings is 1. The second kappa shape index (κ2) is 17.2. The minimum Gasteiger partial charge on any atom is -0.467 e. The lowest BCUT2D eigenvalue weighted by molar-refractivity contribution is -0.243. The molecule has 15 heteroatoms. The molecule has 0 aliphatic carbocycles. The van der Waals surface area contributed by atoms with Crippen LogP contribution < -0.4 is 10.6 Å². The zero-order chi connectivity index (χ0) is 34.6. The molecule has 2 amide bonds. The number of carbonyl (C=O) groups excluding carboxylic acids is 7. The van der Waals surface area contributed by atoms with Gasteiger partial charge in [0.15, 0.2) is 17.8 Å². The molecule has 2 N–H and O–H groups in total. The Morgan fingerprint density at radius 2 is 1.50 bits per heavy atom. The van der Waals surface area contributed by atoms with Crippen LogP contribution in [-0.4, -0.2) is 91.4 Å². The van der Waals surface area contributed by atoms with Gasteiger partial charge in [0.05, 0.1) is 13.2 Å². The topological polar surface area (TPSA) is 199 Å². The van der Waals surface area contributed by atoms with E-state index in [1.54, 1.807) is 12.1 Å². The summed E-state index contributed by atoms with van der Waals surface area (Å²) >= 11 is 0. The van der Waals surface area contributed by atoms with Gasteiger partial charge in [-0.3, -0.25) is 28.8 Å². The van der Waals surface area contributed by atoms with Crippen LogP contribution in [0.5, 0.6) is 0 Å². The van der Waals surface area contributed by atoms with E-state index in [0.29, 0.717) is 18.5 Å². The Bertz CT molecular complexity index is 1280. The summed E-state index contributed by atoms with van der Waals surface area (Å²) in [5.74, 6) is -4.75. The van der Waals surface area contributed by atoms with Crippen molar-refractivity contribution >= 4 is 47.3 Å². The van der Waals surface area contributed by atoms with E-state index in [9.17, 15) is 33.6 Å². The standard InChI is InChI=1S/C31H42N2O13/c1-17(34)32-24-12-10-23(11-13-24)9-8-14-31(30(40)41-7)15-25(43-20(4)37)27(33-18(2)35)29(46-31)28(45-22(6)39)26(44-21(5)38)16-42-19(3)36/h10-13,25-29H,8-9,14-16H2,1-7H3,(H,32,34)(H,33,35)/t25-,26+,27+,28+,29+,31+/m0/s1. The lowest BCUT2D eigenvalue weighted by Gasteiger charge is -2.49. The second-order valence-electron chi connectivity index (χ2n) is 10.9. The van der Waals surface area contributed by atoms with E-state index in [1.165, 1.54) is 13.8 Å². The van der Waals surface area contributed by atoms with Gasteiger partial charge in [-0.25, -0.2) is 4.79 Å². The molecule has 15 nitrogen and oxygen atoms in total. The number of ether oxygens (including phenoxy) is 6. The average molecular weight is 651 g/mol. The molecular formula is C31H42N2O13. The van der Waals surface area contributed by atoms with Crippen molar-refractivity contribution in [2.75, 3.05) is 19.0 Å². The van der Waals surface area contributed by atoms with Crippen LogP contribution in [0.3, 0.4) is 0 Å². The summed E-state index contributed by atoms with van der Waals surface area (Å²) in [7, 11) is 1.15. The summed E-state index contributed by atoms with van der Waals surface area (Å²) in [6.45, 7) is 6.45. The smallest absolute Gasteiger partial charge is 0.338 e. The molecule has 0 radical (unpaired) electrons. The maximum Gasteiger partial charge on any atom is 0.338 e. The molecule has 0 aromatic heterocycles. The Labute approximate surface area is 266 Å². The normalized spacial score (nSPS) is 21.8. The first-order valence-electron chi connectivity index (χ1n) is 14.6. The molecule has 6 atom stereocenters. The maximum atomic E-state index is 13.5. The predicted octanol–water partition coefficient (Wildman–Crippen LogP) is 1.53. The summed E-state index contributed by atoms with van der Waals surface area (Å²) in [4.78, 5) is 85.6. The molecule has 1 aromatic carbocycles. The number of amides is 2. The van der Waals surface area contributed by atoms with Gasteiger partial charge in [-0.05, 0) is 37.0 Å². The summed E-state index contributed by atoms with van der Waals surface area (Å²) in [6.07, 6.45) is -5.15. The van der Waals surface area contributed by atoms with E-state index in [4.69, 9.17) is 28.4 Å². The summed E-state index contributed by atoms with van der Waals surface area (Å²) in [5, 5.41) is 5.33. The van der Waals surface area contributed by atoms with Crippen LogP contribution in [0.1, 0.15) is 66.4 Å². The molecule has 0 spiro atoms. The van der Waals surface area contributed by atoms with Gasteiger partial charge in [-0.1, -0.05) is 12.1 Å². The SMILES string of the molecule is COC(=O)[C@@]1(CCCc2ccc(NC(C)=O)cc2)C[C@H](OC(C)=O)[C@@H](NC(C)=O)[C@H]([C@H](OC(C)=O)[C@@H](COC(C)=O)OC(C)=O)O1. The van der Waals surface area contributed by atoms with E-state index in [-0.39, 0.29) is 18.7 Å². The zero-order valence-electron chi connectivity index (χ0n) is 27.0. The Balaban J connectivity index is 2.60. The highest BCUT2D eigenvalue weighted by Gasteiger charge is 2.57. The number of hydrogen-bond acceptors (Lipinski definition) is 13. The first-order valence-corrected chi connectivity index (χ1v) is 14.6. The van der Waals surface area contributed by atoms with Gasteiger partial charge >= 0.3 is 29.8 Å². The van der Waals surface area contributed by atoms with Crippen LogP contribution in [-0.2, 0) is 68.4 Å². The van der Waals surface area contributed by atoms with E-state index >= 15 is 0 Å². The summed E-state index contributed by atoms with van der Waals surface area (Å²) in [6, 6.07) is 5.86. The minimum absolute atomic E-state index is 0.0170. The monoisotopic (exact) mass is 650 g/mol. The van der Waals surface area contributed by atoms with Crippen molar-refractivity contribution in [2.45, 2.75) is 103 Å². The highest BCUT2D eigenvalue weighted by Crippen LogP contribution is 2.39. The highest BCUT2D eigenvalue weighted by atomic mass is 16.6. The number of aryl methyl sites for hydroxylation is 1. The maximum absolute atomic E-state index is 13.5. The van der Waals surface area contributed by atoms with Gasteiger partial charge in [-0.15, -0.1) is 0 Å². The molecule has 0 saturated carbocycles. The molecule has 1 heterocycles. The van der Waals surface area contributed by atoms with Crippen molar-refractivity contribution in [3.8, 4) is 0 Å². The van der Waals surface area contributed by atoms with Gasteiger partial charge in [0.1, 0.15) is 18.8 Å². The van der Waals surface area contributed by atoms with Crippen LogP contribution in [0.15, 0.2) is 24.3 Å². The molecule has 1 aliphatic heterocycles. The third kappa shape index (κ3) is 11.4. The van der Waals surface area contributed by atoms with Gasteiger partial charge in [0.2, 0.25) is 11.8 Å². The molecule has 1 saturated heterocycles. The van der Waals surface area contributed by atoms with Crippen molar-refractivity contribution in [2.24, 2.45) is 0 Å². The lowest BCUT2D eigenvalue weighted by Crippen LogP contribution is -2.68. The van der Waals surface area contributed by atoms with Crippen molar-refractivity contribution in [3.63, 3.8) is 0 Å². The number of methoxy groups -OCH3 is 1. The fourth-order valence-corrected chi connectivity index (χ4v) is 5.33. The first kappa shape index (κ1) is 37.7. The third-order valence-electron chi connectivity index (χ3n) is 6.97. The molecule has 2 rings (SSSR count). The predicted molar refractivity (Wildman–Crippen MR) is 159 cm³/mol. The zero-order valence-corrected chi connectivity index (χ0v) is 27.0. The molecule has 0 unspecified atom stereocenters. The highest BCUT2D eigenvalue weighted by molar-refractivity contribution is 5.88. The molecular weight excluding hydrogens is 608 g/mol. The van der Waals surface area contributed by atoms with Crippen LogP contribution in [0.4, 0.5) is 5.69 Å². The van der Waals surface area contributed by atoms with Crippen molar-refractivity contribution in [3.05, 3.63) is 29.8 Å². The molecule has 1 aliphatic rings. The number of carbonyl (C=O) groups is 7. The fourth-order valence-electron chi connectivity index (χ4n) is 5.33. The Morgan fingerprint density at radius 3 is 2.00 bits per heavy atom. The second-order valence-corrected chi connectivity index (χ2v) is 10.9. The van der Waals surface area contributed by atoms with Crippen molar-refractivity contribution in [1.29, 1.82) is 0 Å². The van der Waals surface area contributed by atoms with Crippen molar-refractivity contribution in [1.82, 2.24) is 5.32 Å². The van der Waals surface area contributed by atoms with Crippen LogP contribution in [0.25, 0.3) is 0 Å². The molecule has 1 fully saturated rings. The minimum atomic E-state index is -1.80. The van der Waals surface area contributed by atoms with Crippen LogP contribution in [0.2, 0.25) is 0 Å². The van der Waals surface area contributed by atoms with Crippen LogP contribution >= 0.6 is 0 Å². The van der Waals surface area contributed by atoms with Gasteiger partial charge in [-0.2, -0.15) is 0 Å². The molecule has 46 heavy (non-hydrogen) atoms. The van der Waals surface area contributed by atoms with E-state index in [0.717, 1.165) is 40.4 Å². The molecule has 0 bridgehead atoms. The van der Waals surface area contributed by atoms with E-state index in [2.05, 4.69) is 10.6 Å². The first-order chi connectivity index (χ1) is 21.6. The van der Waals surface area contributed by atoms with Gasteiger partial charge in [0, 0.05) is 53.7 Å². The third-order valence-corrected chi connectivity index (χ3v) is 6.97. The fraction of sp³-hybridized carbons (Fsp3) is 0.581. The Kier molecular flexibility index (Phi) is 14.1. The summed E-state index contributed by atoms with van der Waals surface area (Å²) in [5.41, 5.74) is -0.310. The quantitative estimate of drug-likeness (QED) is 0.217. The Morgan fingerprint density at radius 1 is 0.870 bits per heavy atom. The van der Waals surface area contributed by atoms with Crippen LogP contribution in [0, 0.1) is 0 Å². The molecule has 1 aromatic rings. The summed E-state index contributed by atoms with van der Waals surface area (Å²) < 4.78 is 33.2. The number of nitrogens with one attached hydrogen (secondary N) is 2. The van der Waals surface area contributed by atoms with Gasteiger partial charge < -0.3 is 39.1 Å². The number of esters is 5. The number of hydrogen-bond donors (Lipinski definition) is 2. The lowest BCUT2D eigenvalue weighted by atomic mass is 9.80. The largest absolute Gasteiger partial charge is 0.467 e. The van der Waals surface area contributed by atoms with E-state index < -0.39 is 78.4 Å². The Hall–Kier alpha value is -4.53. The van der Waals surface area contributed by atoms with Crippen molar-refractivity contribution < 1.29 is 62.0 Å². The number of anilines is 1.